The van der Waals surface area contributed by atoms with Crippen molar-refractivity contribution in [3.05, 3.63) is 12.2 Å². The van der Waals surface area contributed by atoms with E-state index in [0.29, 0.717) is 17.4 Å². The molecule has 0 aromatic rings. The maximum atomic E-state index is 12.6. The first-order chi connectivity index (χ1) is 24.5. The number of nitrogens with zero attached hydrogens (tertiary/aromatic N) is 1. The molecule has 0 aromatic heterocycles. The molecule has 9 nitrogen and oxygen atoms in total. The standard InChI is InChI=1S/C41H80NO8P/c1-6-8-10-12-14-16-18-19-20-21-22-24-25-27-29-31-33-40(43)47-37-39(38-49-51(45,46)48-36-35-42(3,4)5)50-41(44)34-32-30-28-26-23-17-15-13-11-9-7-2/h13,15,39H,6-12,14,16-38H2,1-5H3/b15-13-/t39-/m1/s1. The number of esters is 2. The molecule has 0 bridgehead atoms. The molecule has 0 aliphatic carbocycles. The van der Waals surface area contributed by atoms with E-state index in [0.717, 1.165) is 57.8 Å². The zero-order valence-corrected chi connectivity index (χ0v) is 34.7. The van der Waals surface area contributed by atoms with Crippen molar-refractivity contribution < 1.29 is 42.1 Å². The fourth-order valence-corrected chi connectivity index (χ4v) is 6.42. The summed E-state index contributed by atoms with van der Waals surface area (Å²) in [5.41, 5.74) is 0. The number of hydrogen-bond acceptors (Lipinski definition) is 8. The predicted molar refractivity (Wildman–Crippen MR) is 208 cm³/mol. The van der Waals surface area contributed by atoms with Crippen molar-refractivity contribution in [1.82, 2.24) is 0 Å². The van der Waals surface area contributed by atoms with Gasteiger partial charge in [0.05, 0.1) is 27.7 Å². The summed E-state index contributed by atoms with van der Waals surface area (Å²) in [5.74, 6) is -0.839. The molecule has 302 valence electrons. The molecule has 0 N–H and O–H groups in total. The van der Waals surface area contributed by atoms with Gasteiger partial charge in [-0.25, -0.2) is 0 Å². The smallest absolute Gasteiger partial charge is 0.306 e. The molecule has 0 aliphatic rings. The fraction of sp³-hybridized carbons (Fsp3) is 0.902. The summed E-state index contributed by atoms with van der Waals surface area (Å²) >= 11 is 0. The number of allylic oxidation sites excluding steroid dienone is 2. The Bertz CT molecular complexity index is 891. The van der Waals surface area contributed by atoms with Crippen LogP contribution in [0, 0.1) is 0 Å². The molecule has 0 saturated carbocycles. The van der Waals surface area contributed by atoms with Crippen molar-refractivity contribution in [2.24, 2.45) is 0 Å². The van der Waals surface area contributed by atoms with E-state index in [2.05, 4.69) is 26.0 Å². The number of likely N-dealkylation sites (N-methyl/N-ethyl adjacent to an activating group) is 1. The van der Waals surface area contributed by atoms with Crippen molar-refractivity contribution in [2.45, 2.75) is 193 Å². The largest absolute Gasteiger partial charge is 0.756 e. The van der Waals surface area contributed by atoms with Crippen LogP contribution in [0.1, 0.15) is 187 Å². The highest BCUT2D eigenvalue weighted by Gasteiger charge is 2.21. The van der Waals surface area contributed by atoms with Crippen LogP contribution in [-0.2, 0) is 32.7 Å². The number of hydrogen-bond donors (Lipinski definition) is 0. The van der Waals surface area contributed by atoms with Crippen LogP contribution >= 0.6 is 7.82 Å². The van der Waals surface area contributed by atoms with E-state index < -0.39 is 26.5 Å². The van der Waals surface area contributed by atoms with E-state index in [1.165, 1.54) is 96.3 Å². The molecule has 51 heavy (non-hydrogen) atoms. The van der Waals surface area contributed by atoms with Gasteiger partial charge in [0, 0.05) is 12.8 Å². The van der Waals surface area contributed by atoms with Crippen LogP contribution in [0.4, 0.5) is 0 Å². The lowest BCUT2D eigenvalue weighted by Gasteiger charge is -2.28. The molecular formula is C41H80NO8P. The Hall–Kier alpha value is -1.25. The molecule has 10 heteroatoms. The Balaban J connectivity index is 4.33. The van der Waals surface area contributed by atoms with E-state index >= 15 is 0 Å². The van der Waals surface area contributed by atoms with E-state index in [1.807, 2.05) is 21.1 Å². The maximum Gasteiger partial charge on any atom is 0.306 e. The molecule has 1 unspecified atom stereocenters. The van der Waals surface area contributed by atoms with Crippen LogP contribution < -0.4 is 4.89 Å². The van der Waals surface area contributed by atoms with Crippen molar-refractivity contribution >= 4 is 19.8 Å². The van der Waals surface area contributed by atoms with Crippen LogP contribution in [0.2, 0.25) is 0 Å². The van der Waals surface area contributed by atoms with Crippen LogP contribution in [0.15, 0.2) is 12.2 Å². The minimum absolute atomic E-state index is 0.0296. The normalized spacial score (nSPS) is 13.8. The highest BCUT2D eigenvalue weighted by molar-refractivity contribution is 7.45. The molecule has 0 aliphatic heterocycles. The maximum absolute atomic E-state index is 12.6. The van der Waals surface area contributed by atoms with Crippen molar-refractivity contribution in [1.29, 1.82) is 0 Å². The van der Waals surface area contributed by atoms with Crippen LogP contribution in [0.25, 0.3) is 0 Å². The summed E-state index contributed by atoms with van der Waals surface area (Å²) in [6.45, 7) is 4.19. The first kappa shape index (κ1) is 49.8. The number of phosphoric ester groups is 1. The Morgan fingerprint density at radius 1 is 0.588 bits per heavy atom. The molecule has 0 rings (SSSR count). The third kappa shape index (κ3) is 38.3. The monoisotopic (exact) mass is 746 g/mol. The molecule has 0 saturated heterocycles. The fourth-order valence-electron chi connectivity index (χ4n) is 5.69. The molecule has 2 atom stereocenters. The lowest BCUT2D eigenvalue weighted by atomic mass is 10.0. The number of quaternary nitrogens is 1. The molecule has 0 heterocycles. The van der Waals surface area contributed by atoms with Gasteiger partial charge in [0.1, 0.15) is 19.8 Å². The second kappa shape index (κ2) is 34.5. The van der Waals surface area contributed by atoms with Gasteiger partial charge in [-0.2, -0.15) is 0 Å². The van der Waals surface area contributed by atoms with E-state index in [-0.39, 0.29) is 32.0 Å². The van der Waals surface area contributed by atoms with Crippen LogP contribution in [0.5, 0.6) is 0 Å². The first-order valence-corrected chi connectivity index (χ1v) is 22.4. The molecule has 0 spiro atoms. The first-order valence-electron chi connectivity index (χ1n) is 20.9. The van der Waals surface area contributed by atoms with Gasteiger partial charge in [-0.1, -0.05) is 154 Å². The van der Waals surface area contributed by atoms with Crippen molar-refractivity contribution in [3.63, 3.8) is 0 Å². The minimum atomic E-state index is -4.62. The summed E-state index contributed by atoms with van der Waals surface area (Å²) in [5, 5.41) is 0. The third-order valence-electron chi connectivity index (χ3n) is 9.04. The lowest BCUT2D eigenvalue weighted by molar-refractivity contribution is -0.870. The second-order valence-electron chi connectivity index (χ2n) is 15.4. The third-order valence-corrected chi connectivity index (χ3v) is 10.00. The molecule has 0 amide bonds. The highest BCUT2D eigenvalue weighted by Crippen LogP contribution is 2.38. The lowest BCUT2D eigenvalue weighted by Crippen LogP contribution is -2.37. The number of rotatable bonds is 38. The van der Waals surface area contributed by atoms with E-state index in [4.69, 9.17) is 18.5 Å². The average Bonchev–Trinajstić information content (AvgIpc) is 3.07. The topological polar surface area (TPSA) is 111 Å². The van der Waals surface area contributed by atoms with Gasteiger partial charge in [0.2, 0.25) is 0 Å². The predicted octanol–water partition coefficient (Wildman–Crippen LogP) is 10.8. The van der Waals surface area contributed by atoms with E-state index in [9.17, 15) is 19.0 Å². The highest BCUT2D eigenvalue weighted by atomic mass is 31.2. The van der Waals surface area contributed by atoms with Gasteiger partial charge < -0.3 is 27.9 Å². The van der Waals surface area contributed by atoms with Crippen LogP contribution in [-0.4, -0.2) is 70.0 Å². The Morgan fingerprint density at radius 2 is 1.02 bits per heavy atom. The Labute approximate surface area is 314 Å². The van der Waals surface area contributed by atoms with Gasteiger partial charge in [0.15, 0.2) is 6.10 Å². The number of carbonyl (C=O) groups excluding carboxylic acids is 2. The average molecular weight is 746 g/mol. The second-order valence-corrected chi connectivity index (χ2v) is 16.8. The number of carbonyl (C=O) groups is 2. The van der Waals surface area contributed by atoms with Crippen LogP contribution in [0.3, 0.4) is 0 Å². The SMILES string of the molecule is CCCC/C=C\CCCCCCCC(=O)O[C@H](COC(=O)CCCCCCCCCCCCCCCCCC)COP(=O)([O-])OCC[N+](C)(C)C. The van der Waals surface area contributed by atoms with Gasteiger partial charge >= 0.3 is 11.9 Å². The van der Waals surface area contributed by atoms with Gasteiger partial charge in [-0.15, -0.1) is 0 Å². The van der Waals surface area contributed by atoms with E-state index in [1.54, 1.807) is 0 Å². The van der Waals surface area contributed by atoms with Gasteiger partial charge in [-0.05, 0) is 32.1 Å². The molecular weight excluding hydrogens is 665 g/mol. The van der Waals surface area contributed by atoms with Gasteiger partial charge in [0.25, 0.3) is 7.82 Å². The summed E-state index contributed by atoms with van der Waals surface area (Å²) in [6, 6.07) is 0. The van der Waals surface area contributed by atoms with Crippen molar-refractivity contribution in [2.75, 3.05) is 47.5 Å². The van der Waals surface area contributed by atoms with Crippen molar-refractivity contribution in [3.8, 4) is 0 Å². The van der Waals surface area contributed by atoms with Gasteiger partial charge in [-0.3, -0.25) is 14.2 Å². The summed E-state index contributed by atoms with van der Waals surface area (Å²) in [4.78, 5) is 37.4. The summed E-state index contributed by atoms with van der Waals surface area (Å²) in [6.07, 6.45) is 33.8. The zero-order chi connectivity index (χ0) is 37.9. The Kier molecular flexibility index (Phi) is 33.7. The number of phosphoric acid groups is 1. The number of ether oxygens (including phenoxy) is 2. The summed E-state index contributed by atoms with van der Waals surface area (Å²) in [7, 11) is 1.17. The molecule has 0 aromatic carbocycles. The number of unbranched alkanes of at least 4 members (excludes halogenated alkanes) is 22. The minimum Gasteiger partial charge on any atom is -0.756 e. The molecule has 0 fully saturated rings. The molecule has 0 radical (unpaired) electrons. The quantitative estimate of drug-likeness (QED) is 0.0202. The summed E-state index contributed by atoms with van der Waals surface area (Å²) < 4.78 is 33.8. The Morgan fingerprint density at radius 3 is 1.51 bits per heavy atom. The zero-order valence-electron chi connectivity index (χ0n) is 33.8.